The molecule has 0 unspecified atom stereocenters. The van der Waals surface area contributed by atoms with Crippen molar-refractivity contribution < 1.29 is 4.79 Å². The van der Waals surface area contributed by atoms with Crippen molar-refractivity contribution in [2.24, 2.45) is 0 Å². The molecule has 0 aliphatic rings. The van der Waals surface area contributed by atoms with Crippen molar-refractivity contribution >= 4 is 23.6 Å². The average molecular weight is 546 g/mol. The van der Waals surface area contributed by atoms with Crippen LogP contribution in [0.1, 0.15) is 179 Å². The first-order chi connectivity index (χ1) is 18.7. The molecule has 2 nitrogen and oxygen atoms in total. The molecule has 0 atom stereocenters. The fourth-order valence-corrected chi connectivity index (χ4v) is 5.82. The van der Waals surface area contributed by atoms with E-state index in [1.54, 1.807) is 0 Å². The van der Waals surface area contributed by atoms with Gasteiger partial charge in [0.25, 0.3) is 5.24 Å². The van der Waals surface area contributed by atoms with E-state index in [9.17, 15) is 4.79 Å². The summed E-state index contributed by atoms with van der Waals surface area (Å²) in [5, 5.41) is 2.72. The van der Waals surface area contributed by atoms with Crippen LogP contribution in [0.15, 0.2) is 18.2 Å². The molecule has 0 spiro atoms. The Morgan fingerprint density at radius 3 is 1.32 bits per heavy atom. The van der Waals surface area contributed by atoms with Crippen LogP contribution >= 0.6 is 12.6 Å². The van der Waals surface area contributed by atoms with E-state index in [-0.39, 0.29) is 5.24 Å². The zero-order valence-corrected chi connectivity index (χ0v) is 26.4. The molecule has 0 fully saturated rings. The minimum atomic E-state index is -0.261. The summed E-state index contributed by atoms with van der Waals surface area (Å²) in [6.45, 7) is 4.58. The van der Waals surface area contributed by atoms with E-state index in [1.807, 2.05) is 0 Å². The summed E-state index contributed by atoms with van der Waals surface area (Å²) < 4.78 is 0. The molecule has 1 N–H and O–H groups in total. The number of hydrogen-bond acceptors (Lipinski definition) is 1. The first-order valence-corrected chi connectivity index (χ1v) is 17.2. The van der Waals surface area contributed by atoms with E-state index in [0.29, 0.717) is 0 Å². The Kier molecular flexibility index (Phi) is 24.2. The second-order valence-corrected chi connectivity index (χ2v) is 12.1. The Balaban J connectivity index is 2.25. The number of benzene rings is 1. The van der Waals surface area contributed by atoms with Crippen molar-refractivity contribution in [3.05, 3.63) is 29.3 Å². The highest BCUT2D eigenvalue weighted by molar-refractivity contribution is 7.96. The van der Waals surface area contributed by atoms with Crippen LogP contribution < -0.4 is 5.32 Å². The van der Waals surface area contributed by atoms with Gasteiger partial charge in [-0.3, -0.25) is 4.79 Å². The van der Waals surface area contributed by atoms with E-state index >= 15 is 0 Å². The lowest BCUT2D eigenvalue weighted by Crippen LogP contribution is -2.07. The Bertz CT molecular complexity index is 674. The molecule has 1 aromatic rings. The number of unbranched alkanes of at least 4 members (excludes halogenated alkanes) is 22. The summed E-state index contributed by atoms with van der Waals surface area (Å²) in [6.07, 6.45) is 35.2. The van der Waals surface area contributed by atoms with E-state index in [2.05, 4.69) is 50.0 Å². The third-order valence-electron chi connectivity index (χ3n) is 8.09. The van der Waals surface area contributed by atoms with Gasteiger partial charge in [-0.15, -0.1) is 0 Å². The molecule has 1 rings (SSSR count). The molecule has 38 heavy (non-hydrogen) atoms. The number of carbonyl (C=O) groups excluding carboxylic acids is 1. The molecule has 220 valence electrons. The van der Waals surface area contributed by atoms with Crippen LogP contribution in [0.3, 0.4) is 0 Å². The van der Waals surface area contributed by atoms with Gasteiger partial charge in [0.15, 0.2) is 0 Å². The number of carbonyl (C=O) groups is 1. The van der Waals surface area contributed by atoms with Crippen molar-refractivity contribution in [3.63, 3.8) is 0 Å². The average Bonchev–Trinajstić information content (AvgIpc) is 2.90. The number of nitrogens with one attached hydrogen (secondary N) is 1. The predicted octanol–water partition coefficient (Wildman–Crippen LogP) is 12.6. The van der Waals surface area contributed by atoms with E-state index in [4.69, 9.17) is 0 Å². The Hall–Kier alpha value is -0.960. The minimum absolute atomic E-state index is 0.261. The van der Waals surface area contributed by atoms with Crippen molar-refractivity contribution in [3.8, 4) is 0 Å². The molecule has 0 aliphatic heterocycles. The summed E-state index contributed by atoms with van der Waals surface area (Å²) in [4.78, 5) is 11.7. The SMILES string of the molecule is CCCCCCCCCCCCCCc1cccc(NC(=O)S)c1CCCCCCCCCCCCCC. The van der Waals surface area contributed by atoms with Crippen LogP contribution in [0.25, 0.3) is 0 Å². The molecule has 3 heteroatoms. The fourth-order valence-electron chi connectivity index (χ4n) is 5.70. The monoisotopic (exact) mass is 545 g/mol. The first kappa shape index (κ1) is 35.1. The molecule has 0 saturated carbocycles. The van der Waals surface area contributed by atoms with Gasteiger partial charge in [-0.05, 0) is 42.9 Å². The van der Waals surface area contributed by atoms with E-state index in [1.165, 1.54) is 165 Å². The van der Waals surface area contributed by atoms with Crippen LogP contribution in [0.2, 0.25) is 0 Å². The van der Waals surface area contributed by atoms with Gasteiger partial charge >= 0.3 is 0 Å². The molecule has 0 heterocycles. The lowest BCUT2D eigenvalue weighted by Gasteiger charge is -2.15. The standard InChI is InChI=1S/C35H63NOS/c1-3-5-7-9-11-13-15-17-19-21-23-25-28-32-29-27-31-34(36-35(37)38)33(32)30-26-24-22-20-18-16-14-12-10-8-6-4-2/h27,29,31H,3-26,28,30H2,1-2H3,(H2,36,37,38). The lowest BCUT2D eigenvalue weighted by atomic mass is 9.94. The number of anilines is 1. The lowest BCUT2D eigenvalue weighted by molar-refractivity contribution is 0.270. The number of rotatable bonds is 27. The summed E-state index contributed by atoms with van der Waals surface area (Å²) in [5.41, 5.74) is 3.76. The first-order valence-electron chi connectivity index (χ1n) is 16.8. The fraction of sp³-hybridized carbons (Fsp3) is 0.800. The maximum absolute atomic E-state index is 11.7. The van der Waals surface area contributed by atoms with Gasteiger partial charge < -0.3 is 5.32 Å². The molecule has 0 aliphatic carbocycles. The van der Waals surface area contributed by atoms with Gasteiger partial charge in [0.1, 0.15) is 0 Å². The number of hydrogen-bond donors (Lipinski definition) is 2. The number of amides is 1. The molecule has 1 amide bonds. The molecule has 0 aromatic heterocycles. The van der Waals surface area contributed by atoms with E-state index in [0.717, 1.165) is 18.5 Å². The highest BCUT2D eigenvalue weighted by Gasteiger charge is 2.10. The highest BCUT2D eigenvalue weighted by atomic mass is 32.1. The molecular formula is C35H63NOS. The zero-order chi connectivity index (χ0) is 27.5. The van der Waals surface area contributed by atoms with Gasteiger partial charge in [0.05, 0.1) is 0 Å². The van der Waals surface area contributed by atoms with Crippen molar-refractivity contribution in [2.45, 2.75) is 181 Å². The van der Waals surface area contributed by atoms with Gasteiger partial charge in [0, 0.05) is 5.69 Å². The second-order valence-electron chi connectivity index (χ2n) is 11.7. The van der Waals surface area contributed by atoms with Crippen molar-refractivity contribution in [1.82, 2.24) is 0 Å². The summed E-state index contributed by atoms with van der Waals surface area (Å²) >= 11 is 3.98. The van der Waals surface area contributed by atoms with E-state index < -0.39 is 0 Å². The quantitative estimate of drug-likeness (QED) is 0.0835. The summed E-state index contributed by atoms with van der Waals surface area (Å²) in [7, 11) is 0. The minimum Gasteiger partial charge on any atom is -0.317 e. The third-order valence-corrected chi connectivity index (χ3v) is 8.21. The van der Waals surface area contributed by atoms with Gasteiger partial charge in [-0.25, -0.2) is 0 Å². The van der Waals surface area contributed by atoms with Crippen LogP contribution in [-0.4, -0.2) is 5.24 Å². The topological polar surface area (TPSA) is 29.1 Å². The van der Waals surface area contributed by atoms with Crippen LogP contribution in [-0.2, 0) is 12.8 Å². The molecule has 1 aromatic carbocycles. The number of thiol groups is 1. The predicted molar refractivity (Wildman–Crippen MR) is 174 cm³/mol. The maximum Gasteiger partial charge on any atom is 0.280 e. The molecule has 0 saturated heterocycles. The normalized spacial score (nSPS) is 11.2. The van der Waals surface area contributed by atoms with Crippen LogP contribution in [0, 0.1) is 0 Å². The van der Waals surface area contributed by atoms with Crippen molar-refractivity contribution in [2.75, 3.05) is 5.32 Å². The summed E-state index contributed by atoms with van der Waals surface area (Å²) in [6, 6.07) is 6.43. The van der Waals surface area contributed by atoms with Crippen molar-refractivity contribution in [1.29, 1.82) is 0 Å². The van der Waals surface area contributed by atoms with Gasteiger partial charge in [0.2, 0.25) is 0 Å². The zero-order valence-electron chi connectivity index (χ0n) is 25.5. The maximum atomic E-state index is 11.7. The van der Waals surface area contributed by atoms with Crippen LogP contribution in [0.5, 0.6) is 0 Å². The molecule has 0 bridgehead atoms. The third kappa shape index (κ3) is 20.0. The summed E-state index contributed by atoms with van der Waals surface area (Å²) in [5.74, 6) is 0. The van der Waals surface area contributed by atoms with Gasteiger partial charge in [-0.1, -0.05) is 180 Å². The number of aryl methyl sites for hydroxylation is 1. The Morgan fingerprint density at radius 2 is 0.921 bits per heavy atom. The smallest absolute Gasteiger partial charge is 0.280 e. The molecular weight excluding hydrogens is 482 g/mol. The second kappa shape index (κ2) is 26.3. The van der Waals surface area contributed by atoms with Crippen LogP contribution in [0.4, 0.5) is 10.5 Å². The van der Waals surface area contributed by atoms with Gasteiger partial charge in [-0.2, -0.15) is 0 Å². The Labute approximate surface area is 243 Å². The largest absolute Gasteiger partial charge is 0.317 e. The molecule has 0 radical (unpaired) electrons. The Morgan fingerprint density at radius 1 is 0.553 bits per heavy atom. The highest BCUT2D eigenvalue weighted by Crippen LogP contribution is 2.25.